The molecule has 0 spiro atoms. The molecule has 4 nitrogen and oxygen atoms in total. The molecule has 0 aliphatic carbocycles. The first-order valence-electron chi connectivity index (χ1n) is 2.55. The molecule has 0 amide bonds. The van der Waals surface area contributed by atoms with E-state index in [2.05, 4.69) is 13.8 Å². The summed E-state index contributed by atoms with van der Waals surface area (Å²) in [6.07, 6.45) is 2.64. The number of halogens is 1. The molecule has 0 aromatic carbocycles. The van der Waals surface area contributed by atoms with Gasteiger partial charge >= 0.3 is 0 Å². The van der Waals surface area contributed by atoms with Crippen molar-refractivity contribution in [2.75, 3.05) is 0 Å². The summed E-state index contributed by atoms with van der Waals surface area (Å²) in [6, 6.07) is 0. The summed E-state index contributed by atoms with van der Waals surface area (Å²) in [5.74, 6) is 0. The first-order chi connectivity index (χ1) is 3.91. The van der Waals surface area contributed by atoms with Crippen molar-refractivity contribution in [3.63, 3.8) is 0 Å². The van der Waals surface area contributed by atoms with Crippen molar-refractivity contribution >= 4 is 0 Å². The molecule has 0 aliphatic rings. The quantitative estimate of drug-likeness (QED) is 0.464. The van der Waals surface area contributed by atoms with Crippen molar-refractivity contribution in [3.05, 3.63) is 0 Å². The molecule has 0 aromatic rings. The van der Waals surface area contributed by atoms with E-state index in [4.69, 9.17) is 18.6 Å². The van der Waals surface area contributed by atoms with Crippen LogP contribution in [0.1, 0.15) is 26.7 Å². The van der Waals surface area contributed by atoms with Crippen LogP contribution in [0.25, 0.3) is 0 Å². The van der Waals surface area contributed by atoms with E-state index in [-0.39, 0.29) is 0 Å². The molecule has 5 heteroatoms. The zero-order chi connectivity index (χ0) is 7.91. The molecule has 0 aromatic heterocycles. The molecule has 0 radical (unpaired) electrons. The Bertz CT molecular complexity index is 43.0. The lowest BCUT2D eigenvalue weighted by Gasteiger charge is -2.03. The fourth-order valence-corrected chi connectivity index (χ4v) is 0. The van der Waals surface area contributed by atoms with Gasteiger partial charge < -0.3 is 0 Å². The van der Waals surface area contributed by atoms with E-state index in [0.29, 0.717) is 0 Å². The van der Waals surface area contributed by atoms with Crippen LogP contribution < -0.4 is 14.0 Å². The fourth-order valence-electron chi connectivity index (χ4n) is 0. The topological polar surface area (TPSA) is 89.4 Å². The largest absolute Gasteiger partial charge is 0.183 e. The zero-order valence-corrected chi connectivity index (χ0v) is 6.22. The lowest BCUT2D eigenvalue weighted by Crippen LogP contribution is -2.58. The van der Waals surface area contributed by atoms with Crippen molar-refractivity contribution in [1.29, 1.82) is 0 Å². The Morgan fingerprint density at radius 3 is 1.22 bits per heavy atom. The van der Waals surface area contributed by atoms with Crippen LogP contribution in [0, 0.1) is 10.2 Å². The molecule has 0 saturated carbocycles. The lowest BCUT2D eigenvalue weighted by molar-refractivity contribution is -1.92. The molecule has 0 heterocycles. The number of rotatable bonds is 1. The van der Waals surface area contributed by atoms with E-state index in [1.54, 1.807) is 0 Å². The second-order valence-corrected chi connectivity index (χ2v) is 2.19. The summed E-state index contributed by atoms with van der Waals surface area (Å²) >= 11 is 0. The maximum atomic E-state index is 8.60. The molecule has 0 unspecified atom stereocenters. The van der Waals surface area contributed by atoms with Gasteiger partial charge in [0.15, 0.2) is 0 Å². The lowest BCUT2D eigenvalue weighted by atomic mass is 10.4. The monoisotopic (exact) mass is 158 g/mol. The minimum atomic E-state index is -4.69. The smallest absolute Gasteiger partial charge is 0.0777 e. The van der Waals surface area contributed by atoms with Crippen LogP contribution in [0.3, 0.4) is 0 Å². The van der Waals surface area contributed by atoms with Gasteiger partial charge in [-0.25, -0.2) is 0 Å². The summed E-state index contributed by atoms with van der Waals surface area (Å²) in [5.41, 5.74) is 0. The molecule has 0 atom stereocenters. The first-order valence-corrected chi connectivity index (χ1v) is 3.81. The van der Waals surface area contributed by atoms with E-state index in [1.807, 2.05) is 0 Å². The van der Waals surface area contributed by atoms with Gasteiger partial charge in [-0.2, -0.15) is 14.0 Å². The normalized spacial score (nSPS) is 10.0. The molecular weight excluding hydrogens is 147 g/mol. The fraction of sp³-hybridized carbons (Fsp3) is 1.00. The van der Waals surface area contributed by atoms with Gasteiger partial charge in [-0.05, 0) is 0 Å². The van der Waals surface area contributed by atoms with Crippen molar-refractivity contribution in [2.24, 2.45) is 0 Å². The van der Waals surface area contributed by atoms with E-state index >= 15 is 0 Å². The van der Waals surface area contributed by atoms with Gasteiger partial charge in [0.2, 0.25) is 0 Å². The zero-order valence-electron chi connectivity index (χ0n) is 5.46. The molecule has 9 heavy (non-hydrogen) atoms. The Balaban J connectivity index is 0. The highest BCUT2D eigenvalue weighted by molar-refractivity contribution is 4.12. The Labute approximate surface area is 56.5 Å². The van der Waals surface area contributed by atoms with Crippen LogP contribution in [0.15, 0.2) is 0 Å². The number of unbranched alkanes of at least 4 members (excludes halogenated alkanes) is 1. The van der Waals surface area contributed by atoms with Crippen LogP contribution in [-0.2, 0) is 0 Å². The average molecular weight is 159 g/mol. The molecule has 58 valence electrons. The maximum Gasteiger partial charge on any atom is 0.0777 e. The van der Waals surface area contributed by atoms with E-state index in [9.17, 15) is 0 Å². The SMILES string of the molecule is CCCC.[O-][Cl+3]([O-])([O-])O. The second-order valence-electron chi connectivity index (χ2n) is 1.40. The summed E-state index contributed by atoms with van der Waals surface area (Å²) in [7, 11) is -4.69. The van der Waals surface area contributed by atoms with E-state index < -0.39 is 10.2 Å². The predicted octanol–water partition coefficient (Wildman–Crippen LogP) is -2.32. The van der Waals surface area contributed by atoms with E-state index in [1.165, 1.54) is 12.8 Å². The van der Waals surface area contributed by atoms with Crippen LogP contribution in [0.4, 0.5) is 0 Å². The molecule has 0 saturated heterocycles. The van der Waals surface area contributed by atoms with Crippen molar-refractivity contribution in [2.45, 2.75) is 26.7 Å². The van der Waals surface area contributed by atoms with Crippen LogP contribution in [-0.4, -0.2) is 4.66 Å². The first kappa shape index (κ1) is 11.9. The highest BCUT2D eigenvalue weighted by Crippen LogP contribution is 1.76. The number of hydrogen-bond acceptors (Lipinski definition) is 4. The van der Waals surface area contributed by atoms with Crippen LogP contribution >= 0.6 is 0 Å². The molecule has 0 bridgehead atoms. The minimum Gasteiger partial charge on any atom is -0.183 e. The van der Waals surface area contributed by atoms with E-state index in [0.717, 1.165) is 0 Å². The standard InChI is InChI=1S/C4H10.ClHO4/c1-3-4-2;2-1(3,4)5/h3-4H2,1-2H3;(H,2,3,4,5). The molecule has 1 N–H and O–H groups in total. The van der Waals surface area contributed by atoms with Crippen molar-refractivity contribution in [1.82, 2.24) is 0 Å². The second kappa shape index (κ2) is 6.25. The summed E-state index contributed by atoms with van der Waals surface area (Å²) in [4.78, 5) is 0. The Morgan fingerprint density at radius 2 is 1.22 bits per heavy atom. The van der Waals surface area contributed by atoms with Gasteiger partial charge in [-0.3, -0.25) is 0 Å². The van der Waals surface area contributed by atoms with Crippen molar-refractivity contribution in [3.8, 4) is 0 Å². The number of hydrogen-bond donors (Lipinski definition) is 1. The highest BCUT2D eigenvalue weighted by Gasteiger charge is 1.98. The highest BCUT2D eigenvalue weighted by atomic mass is 35.7. The summed E-state index contributed by atoms with van der Waals surface area (Å²) < 4.78 is 32.7. The minimum absolute atomic E-state index is 1.32. The van der Waals surface area contributed by atoms with Gasteiger partial charge in [0, 0.05) is 0 Å². The van der Waals surface area contributed by atoms with Gasteiger partial charge in [-0.1, -0.05) is 26.7 Å². The van der Waals surface area contributed by atoms with Gasteiger partial charge in [0.05, 0.1) is 14.9 Å². The Kier molecular flexibility index (Phi) is 8.25. The third kappa shape index (κ3) is 239. The molecular formula is C4H11ClO4. The van der Waals surface area contributed by atoms with Crippen LogP contribution in [0.5, 0.6) is 0 Å². The molecule has 0 aliphatic heterocycles. The Morgan fingerprint density at radius 1 is 1.11 bits per heavy atom. The van der Waals surface area contributed by atoms with Crippen LogP contribution in [0.2, 0.25) is 0 Å². The molecule has 0 fully saturated rings. The average Bonchev–Trinajstić information content (AvgIpc) is 1.61. The summed E-state index contributed by atoms with van der Waals surface area (Å²) in [6.45, 7) is 4.36. The van der Waals surface area contributed by atoms with Gasteiger partial charge in [0.1, 0.15) is 0 Å². The maximum absolute atomic E-state index is 8.60. The van der Waals surface area contributed by atoms with Crippen molar-refractivity contribution < 1.29 is 28.9 Å². The summed E-state index contributed by atoms with van der Waals surface area (Å²) in [5, 5.41) is 0. The molecule has 0 rings (SSSR count). The third-order valence-electron chi connectivity index (χ3n) is 0.500. The van der Waals surface area contributed by atoms with Gasteiger partial charge in [0.25, 0.3) is 0 Å². The van der Waals surface area contributed by atoms with Gasteiger partial charge in [-0.15, -0.1) is 0 Å². The predicted molar refractivity (Wildman–Crippen MR) is 22.8 cm³/mol. The Hall–Kier alpha value is 0.130. The third-order valence-corrected chi connectivity index (χ3v) is 0.500.